The number of aliphatic hydroxyl groups is 1. The van der Waals surface area contributed by atoms with Crippen molar-refractivity contribution >= 4 is 5.97 Å². The van der Waals surface area contributed by atoms with E-state index in [0.29, 0.717) is 26.1 Å². The predicted molar refractivity (Wildman–Crippen MR) is 108 cm³/mol. The monoisotopic (exact) mass is 387 g/mol. The molecule has 1 N–H and O–H groups in total. The second-order valence-corrected chi connectivity index (χ2v) is 7.31. The maximum absolute atomic E-state index is 13.2. The lowest BCUT2D eigenvalue weighted by molar-refractivity contribution is -0.147. The first-order chi connectivity index (χ1) is 13.4. The number of ether oxygens (including phenoxy) is 1. The van der Waals surface area contributed by atoms with E-state index in [0.717, 1.165) is 12.0 Å². The van der Waals surface area contributed by atoms with E-state index in [1.54, 1.807) is 12.1 Å². The fourth-order valence-electron chi connectivity index (χ4n) is 3.06. The van der Waals surface area contributed by atoms with E-state index >= 15 is 0 Å². The number of halogens is 1. The van der Waals surface area contributed by atoms with E-state index in [-0.39, 0.29) is 18.4 Å². The van der Waals surface area contributed by atoms with Crippen molar-refractivity contribution in [3.8, 4) is 0 Å². The first-order valence-electron chi connectivity index (χ1n) is 9.74. The van der Waals surface area contributed by atoms with Gasteiger partial charge in [-0.25, -0.2) is 4.39 Å². The fourth-order valence-corrected chi connectivity index (χ4v) is 3.06. The van der Waals surface area contributed by atoms with Crippen molar-refractivity contribution in [3.05, 3.63) is 70.5 Å². The zero-order valence-corrected chi connectivity index (χ0v) is 17.0. The van der Waals surface area contributed by atoms with E-state index in [2.05, 4.69) is 36.9 Å². The van der Waals surface area contributed by atoms with Crippen molar-refractivity contribution in [2.75, 3.05) is 13.2 Å². The highest BCUT2D eigenvalue weighted by atomic mass is 19.1. The SMILES string of the molecule is CCCC(=O)OC[C@H](O)CN(Cc1ccc(F)cc1)Cc1cc(C)ccc1C. The molecule has 0 bridgehead atoms. The Balaban J connectivity index is 2.07. The molecule has 2 aromatic rings. The summed E-state index contributed by atoms with van der Waals surface area (Å²) in [6, 6.07) is 12.7. The van der Waals surface area contributed by atoms with Gasteiger partial charge in [-0.05, 0) is 49.1 Å². The number of hydrogen-bond donors (Lipinski definition) is 1. The van der Waals surface area contributed by atoms with E-state index in [1.807, 2.05) is 6.92 Å². The zero-order chi connectivity index (χ0) is 20.5. The molecule has 0 heterocycles. The minimum atomic E-state index is -0.786. The molecule has 0 amide bonds. The number of aliphatic hydroxyl groups excluding tert-OH is 1. The molecule has 4 nitrogen and oxygen atoms in total. The number of esters is 1. The Morgan fingerprint density at radius 1 is 1.14 bits per heavy atom. The van der Waals surface area contributed by atoms with Crippen LogP contribution in [0, 0.1) is 19.7 Å². The molecule has 0 aromatic heterocycles. The molecule has 2 rings (SSSR count). The molecule has 0 saturated heterocycles. The van der Waals surface area contributed by atoms with Gasteiger partial charge in [-0.15, -0.1) is 0 Å². The van der Waals surface area contributed by atoms with E-state index < -0.39 is 6.10 Å². The van der Waals surface area contributed by atoms with Gasteiger partial charge in [0.1, 0.15) is 18.5 Å². The average molecular weight is 387 g/mol. The normalized spacial score (nSPS) is 12.2. The second kappa shape index (κ2) is 10.9. The minimum Gasteiger partial charge on any atom is -0.463 e. The Morgan fingerprint density at radius 2 is 1.86 bits per heavy atom. The van der Waals surface area contributed by atoms with Gasteiger partial charge in [0.2, 0.25) is 0 Å². The van der Waals surface area contributed by atoms with Gasteiger partial charge in [0.15, 0.2) is 0 Å². The van der Waals surface area contributed by atoms with Gasteiger partial charge < -0.3 is 9.84 Å². The summed E-state index contributed by atoms with van der Waals surface area (Å²) in [6.45, 7) is 7.56. The Labute approximate surface area is 166 Å². The molecule has 2 aromatic carbocycles. The molecule has 0 aliphatic carbocycles. The second-order valence-electron chi connectivity index (χ2n) is 7.31. The zero-order valence-electron chi connectivity index (χ0n) is 17.0. The maximum atomic E-state index is 13.2. The summed E-state index contributed by atoms with van der Waals surface area (Å²) >= 11 is 0. The van der Waals surface area contributed by atoms with E-state index in [4.69, 9.17) is 4.74 Å². The van der Waals surface area contributed by atoms with Crippen molar-refractivity contribution in [2.24, 2.45) is 0 Å². The van der Waals surface area contributed by atoms with Crippen LogP contribution in [0.3, 0.4) is 0 Å². The topological polar surface area (TPSA) is 49.8 Å². The maximum Gasteiger partial charge on any atom is 0.305 e. The summed E-state index contributed by atoms with van der Waals surface area (Å²) < 4.78 is 18.4. The molecular formula is C23H30FNO3. The van der Waals surface area contributed by atoms with Crippen molar-refractivity contribution in [3.63, 3.8) is 0 Å². The molecule has 1 atom stereocenters. The largest absolute Gasteiger partial charge is 0.463 e. The lowest BCUT2D eigenvalue weighted by atomic mass is 10.0. The highest BCUT2D eigenvalue weighted by Crippen LogP contribution is 2.16. The molecule has 0 unspecified atom stereocenters. The van der Waals surface area contributed by atoms with Crippen LogP contribution in [0.2, 0.25) is 0 Å². The Bertz CT molecular complexity index is 761. The van der Waals surface area contributed by atoms with Crippen LogP contribution in [0.15, 0.2) is 42.5 Å². The number of benzene rings is 2. The lowest BCUT2D eigenvalue weighted by Crippen LogP contribution is -2.35. The first kappa shape index (κ1) is 22.1. The minimum absolute atomic E-state index is 0.0223. The van der Waals surface area contributed by atoms with Crippen LogP contribution in [0.5, 0.6) is 0 Å². The molecule has 0 radical (unpaired) electrons. The van der Waals surface area contributed by atoms with Crippen LogP contribution in [0.25, 0.3) is 0 Å². The summed E-state index contributed by atoms with van der Waals surface area (Å²) in [5.74, 6) is -0.561. The van der Waals surface area contributed by atoms with Gasteiger partial charge in [0.25, 0.3) is 0 Å². The van der Waals surface area contributed by atoms with Gasteiger partial charge in [-0.2, -0.15) is 0 Å². The third-order valence-electron chi connectivity index (χ3n) is 4.58. The van der Waals surface area contributed by atoms with Crippen LogP contribution in [-0.2, 0) is 22.6 Å². The van der Waals surface area contributed by atoms with Crippen molar-refractivity contribution in [1.82, 2.24) is 4.90 Å². The molecule has 0 saturated carbocycles. The molecule has 0 aliphatic heterocycles. The van der Waals surface area contributed by atoms with E-state index in [1.165, 1.54) is 28.8 Å². The van der Waals surface area contributed by atoms with Crippen molar-refractivity contribution in [1.29, 1.82) is 0 Å². The molecule has 152 valence electrons. The lowest BCUT2D eigenvalue weighted by Gasteiger charge is -2.26. The third kappa shape index (κ3) is 7.41. The Morgan fingerprint density at radius 3 is 2.54 bits per heavy atom. The molecule has 0 aliphatic rings. The number of aryl methyl sites for hydroxylation is 2. The van der Waals surface area contributed by atoms with Gasteiger partial charge in [0.05, 0.1) is 0 Å². The number of carbonyl (C=O) groups excluding carboxylic acids is 1. The summed E-state index contributed by atoms with van der Waals surface area (Å²) in [7, 11) is 0. The number of nitrogens with zero attached hydrogens (tertiary/aromatic N) is 1. The van der Waals surface area contributed by atoms with Crippen molar-refractivity contribution in [2.45, 2.75) is 52.8 Å². The van der Waals surface area contributed by atoms with Gasteiger partial charge in [-0.3, -0.25) is 9.69 Å². The number of carbonyl (C=O) groups is 1. The smallest absolute Gasteiger partial charge is 0.305 e. The Kier molecular flexibility index (Phi) is 8.61. The van der Waals surface area contributed by atoms with Gasteiger partial charge in [0, 0.05) is 26.1 Å². The van der Waals surface area contributed by atoms with Crippen LogP contribution in [0.4, 0.5) is 4.39 Å². The van der Waals surface area contributed by atoms with Gasteiger partial charge in [-0.1, -0.05) is 42.8 Å². The molecule has 0 spiro atoms. The fraction of sp³-hybridized carbons (Fsp3) is 0.435. The molecular weight excluding hydrogens is 357 g/mol. The van der Waals surface area contributed by atoms with E-state index in [9.17, 15) is 14.3 Å². The first-order valence-corrected chi connectivity index (χ1v) is 9.74. The van der Waals surface area contributed by atoms with Crippen LogP contribution in [0.1, 0.15) is 42.0 Å². The predicted octanol–water partition coefficient (Wildman–Crippen LogP) is 4.15. The van der Waals surface area contributed by atoms with Crippen molar-refractivity contribution < 1.29 is 19.0 Å². The molecule has 5 heteroatoms. The third-order valence-corrected chi connectivity index (χ3v) is 4.58. The summed E-state index contributed by atoms with van der Waals surface area (Å²) in [5, 5.41) is 10.4. The quantitative estimate of drug-likeness (QED) is 0.622. The molecule has 0 fully saturated rings. The summed E-state index contributed by atoms with van der Waals surface area (Å²) in [5.41, 5.74) is 4.49. The highest BCUT2D eigenvalue weighted by molar-refractivity contribution is 5.69. The Hall–Kier alpha value is -2.24. The summed E-state index contributed by atoms with van der Waals surface area (Å²) in [6.07, 6.45) is 0.290. The molecule has 28 heavy (non-hydrogen) atoms. The van der Waals surface area contributed by atoms with Crippen LogP contribution in [-0.4, -0.2) is 35.2 Å². The average Bonchev–Trinajstić information content (AvgIpc) is 2.65. The number of rotatable bonds is 10. The number of hydrogen-bond acceptors (Lipinski definition) is 4. The summed E-state index contributed by atoms with van der Waals surface area (Å²) in [4.78, 5) is 13.6. The van der Waals surface area contributed by atoms with Crippen LogP contribution < -0.4 is 0 Å². The highest BCUT2D eigenvalue weighted by Gasteiger charge is 2.16. The van der Waals surface area contributed by atoms with Crippen LogP contribution >= 0.6 is 0 Å². The van der Waals surface area contributed by atoms with Gasteiger partial charge >= 0.3 is 5.97 Å². The standard InChI is InChI=1S/C23H30FNO3/c1-4-5-23(27)28-16-22(26)15-25(13-19-8-10-21(24)11-9-19)14-20-12-17(2)6-7-18(20)3/h6-12,22,26H,4-5,13-16H2,1-3H3/t22-/m1/s1.